The van der Waals surface area contributed by atoms with Crippen LogP contribution in [-0.4, -0.2) is 26.6 Å². The highest BCUT2D eigenvalue weighted by Gasteiger charge is 2.34. The zero-order chi connectivity index (χ0) is 18.0. The number of hydrogen-bond acceptors (Lipinski definition) is 5. The van der Waals surface area contributed by atoms with E-state index in [1.54, 1.807) is 25.3 Å². The van der Waals surface area contributed by atoms with E-state index in [0.29, 0.717) is 22.7 Å². The van der Waals surface area contributed by atoms with E-state index in [0.717, 1.165) is 6.07 Å². The van der Waals surface area contributed by atoms with E-state index in [2.05, 4.69) is 20.3 Å². The zero-order valence-electron chi connectivity index (χ0n) is 13.2. The molecule has 5 nitrogen and oxygen atoms in total. The van der Waals surface area contributed by atoms with Gasteiger partial charge in [0.25, 0.3) is 0 Å². The van der Waals surface area contributed by atoms with Crippen molar-refractivity contribution in [1.29, 1.82) is 0 Å². The molecular formula is C17H15F3N4O. The van der Waals surface area contributed by atoms with Gasteiger partial charge in [0.2, 0.25) is 0 Å². The number of anilines is 1. The minimum Gasteiger partial charge on any atom is -0.387 e. The number of pyridine rings is 1. The molecule has 1 aromatic carbocycles. The highest BCUT2D eigenvalue weighted by atomic mass is 19.4. The smallest absolute Gasteiger partial charge is 0.387 e. The van der Waals surface area contributed by atoms with Gasteiger partial charge in [0.1, 0.15) is 11.6 Å². The fourth-order valence-corrected chi connectivity index (χ4v) is 2.55. The molecule has 2 heterocycles. The monoisotopic (exact) mass is 348 g/mol. The molecule has 1 atom stereocenters. The number of alkyl halides is 3. The molecule has 0 aliphatic rings. The van der Waals surface area contributed by atoms with Crippen LogP contribution in [0, 0.1) is 6.92 Å². The Bertz CT molecular complexity index is 898. The summed E-state index contributed by atoms with van der Waals surface area (Å²) in [7, 11) is 0. The van der Waals surface area contributed by atoms with E-state index in [9.17, 15) is 18.3 Å². The predicted octanol–water partition coefficient (Wildman–Crippen LogP) is 3.50. The Kier molecular flexibility index (Phi) is 4.54. The number of rotatable bonds is 4. The third-order valence-corrected chi connectivity index (χ3v) is 3.67. The van der Waals surface area contributed by atoms with E-state index in [1.807, 2.05) is 0 Å². The van der Waals surface area contributed by atoms with Crippen LogP contribution >= 0.6 is 0 Å². The predicted molar refractivity (Wildman–Crippen MR) is 87.0 cm³/mol. The van der Waals surface area contributed by atoms with Crippen molar-refractivity contribution in [2.24, 2.45) is 0 Å². The van der Waals surface area contributed by atoms with Gasteiger partial charge in [0, 0.05) is 12.7 Å². The molecule has 0 unspecified atom stereocenters. The number of fused-ring (bicyclic) bond motifs is 1. The van der Waals surface area contributed by atoms with Crippen molar-refractivity contribution in [2.45, 2.75) is 19.2 Å². The molecule has 0 fully saturated rings. The number of nitrogens with one attached hydrogen (secondary N) is 1. The van der Waals surface area contributed by atoms with Gasteiger partial charge in [0.15, 0.2) is 5.65 Å². The number of benzene rings is 1. The van der Waals surface area contributed by atoms with Crippen LogP contribution in [0.5, 0.6) is 0 Å². The molecule has 130 valence electrons. The summed E-state index contributed by atoms with van der Waals surface area (Å²) in [5.41, 5.74) is -0.562. The van der Waals surface area contributed by atoms with Gasteiger partial charge in [-0.1, -0.05) is 18.2 Å². The topological polar surface area (TPSA) is 70.9 Å². The Morgan fingerprint density at radius 2 is 1.88 bits per heavy atom. The fraction of sp³-hybridized carbons (Fsp3) is 0.235. The number of nitrogens with zero attached hydrogens (tertiary/aromatic N) is 3. The molecule has 0 spiro atoms. The van der Waals surface area contributed by atoms with Gasteiger partial charge in [-0.05, 0) is 30.7 Å². The summed E-state index contributed by atoms with van der Waals surface area (Å²) in [6, 6.07) is 8.43. The molecule has 0 aliphatic carbocycles. The summed E-state index contributed by atoms with van der Waals surface area (Å²) in [6.45, 7) is 1.56. The van der Waals surface area contributed by atoms with Crippen molar-refractivity contribution in [3.8, 4) is 0 Å². The lowest BCUT2D eigenvalue weighted by Crippen LogP contribution is -2.18. The number of aromatic nitrogens is 3. The maximum absolute atomic E-state index is 13.1. The zero-order valence-corrected chi connectivity index (χ0v) is 13.2. The third-order valence-electron chi connectivity index (χ3n) is 3.67. The lowest BCUT2D eigenvalue weighted by Gasteiger charge is -2.18. The Hall–Kier alpha value is -2.74. The van der Waals surface area contributed by atoms with Crippen molar-refractivity contribution in [3.05, 3.63) is 59.5 Å². The van der Waals surface area contributed by atoms with Gasteiger partial charge >= 0.3 is 6.18 Å². The largest absolute Gasteiger partial charge is 0.416 e. The first-order chi connectivity index (χ1) is 11.9. The molecule has 25 heavy (non-hydrogen) atoms. The molecular weight excluding hydrogens is 333 g/mol. The standard InChI is InChI=1S/C17H15F3N4O/c1-10-23-15-12(6-4-8-21-15)16(24-10)22-9-14(25)11-5-2-3-7-13(11)17(18,19)20/h2-8,14,25H,9H2,1H3,(H,21,22,23,24)/t14-/m0/s1. The van der Waals surface area contributed by atoms with E-state index in [1.165, 1.54) is 18.2 Å². The number of aliphatic hydroxyl groups excluding tert-OH is 1. The summed E-state index contributed by atoms with van der Waals surface area (Å²) in [4.78, 5) is 12.6. The SMILES string of the molecule is Cc1nc(NC[C@H](O)c2ccccc2C(F)(F)F)c2cccnc2n1. The van der Waals surface area contributed by atoms with Gasteiger partial charge in [-0.25, -0.2) is 15.0 Å². The van der Waals surface area contributed by atoms with Crippen molar-refractivity contribution >= 4 is 16.9 Å². The summed E-state index contributed by atoms with van der Waals surface area (Å²) >= 11 is 0. The molecule has 0 amide bonds. The summed E-state index contributed by atoms with van der Waals surface area (Å²) in [5, 5.41) is 13.8. The first kappa shape index (κ1) is 17.1. The number of aliphatic hydroxyl groups is 1. The Morgan fingerprint density at radius 3 is 2.64 bits per heavy atom. The van der Waals surface area contributed by atoms with Gasteiger partial charge in [-0.15, -0.1) is 0 Å². The van der Waals surface area contributed by atoms with Crippen molar-refractivity contribution in [1.82, 2.24) is 15.0 Å². The normalized spacial score (nSPS) is 13.0. The Morgan fingerprint density at radius 1 is 1.12 bits per heavy atom. The second-order valence-electron chi connectivity index (χ2n) is 5.48. The van der Waals surface area contributed by atoms with Crippen LogP contribution in [0.3, 0.4) is 0 Å². The summed E-state index contributed by atoms with van der Waals surface area (Å²) in [6.07, 6.45) is -4.29. The van der Waals surface area contributed by atoms with E-state index in [-0.39, 0.29) is 12.1 Å². The van der Waals surface area contributed by atoms with Crippen molar-refractivity contribution in [3.63, 3.8) is 0 Å². The molecule has 3 aromatic rings. The lowest BCUT2D eigenvalue weighted by atomic mass is 10.0. The molecule has 2 N–H and O–H groups in total. The van der Waals surface area contributed by atoms with Crippen LogP contribution in [0.1, 0.15) is 23.1 Å². The molecule has 0 bridgehead atoms. The van der Waals surface area contributed by atoms with Crippen LogP contribution < -0.4 is 5.32 Å². The molecule has 0 saturated heterocycles. The van der Waals surface area contributed by atoms with Crippen LogP contribution in [0.25, 0.3) is 11.0 Å². The van der Waals surface area contributed by atoms with Crippen LogP contribution in [-0.2, 0) is 6.18 Å². The second-order valence-corrected chi connectivity index (χ2v) is 5.48. The molecule has 0 saturated carbocycles. The van der Waals surface area contributed by atoms with Gasteiger partial charge in [-0.3, -0.25) is 0 Å². The average molecular weight is 348 g/mol. The number of hydrogen-bond donors (Lipinski definition) is 2. The third kappa shape index (κ3) is 3.69. The fourth-order valence-electron chi connectivity index (χ4n) is 2.55. The van der Waals surface area contributed by atoms with Crippen LogP contribution in [0.2, 0.25) is 0 Å². The van der Waals surface area contributed by atoms with Gasteiger partial charge in [0.05, 0.1) is 17.1 Å². The maximum Gasteiger partial charge on any atom is 0.416 e. The Labute approximate surface area is 141 Å². The molecule has 0 aliphatic heterocycles. The first-order valence-corrected chi connectivity index (χ1v) is 7.53. The Balaban J connectivity index is 1.86. The quantitative estimate of drug-likeness (QED) is 0.755. The van der Waals surface area contributed by atoms with E-state index in [4.69, 9.17) is 0 Å². The van der Waals surface area contributed by atoms with Crippen LogP contribution in [0.15, 0.2) is 42.6 Å². The van der Waals surface area contributed by atoms with E-state index >= 15 is 0 Å². The summed E-state index contributed by atoms with van der Waals surface area (Å²) in [5.74, 6) is 0.887. The molecule has 8 heteroatoms. The highest BCUT2D eigenvalue weighted by Crippen LogP contribution is 2.34. The van der Waals surface area contributed by atoms with Crippen LogP contribution in [0.4, 0.5) is 19.0 Å². The maximum atomic E-state index is 13.1. The minimum absolute atomic E-state index is 0.131. The van der Waals surface area contributed by atoms with Gasteiger partial charge < -0.3 is 10.4 Å². The minimum atomic E-state index is -4.53. The molecule has 3 rings (SSSR count). The second kappa shape index (κ2) is 6.64. The summed E-state index contributed by atoms with van der Waals surface area (Å²) < 4.78 is 39.2. The van der Waals surface area contributed by atoms with Gasteiger partial charge in [-0.2, -0.15) is 13.2 Å². The lowest BCUT2D eigenvalue weighted by molar-refractivity contribution is -0.139. The number of halogens is 3. The number of aryl methyl sites for hydroxylation is 1. The van der Waals surface area contributed by atoms with Crippen molar-refractivity contribution < 1.29 is 18.3 Å². The first-order valence-electron chi connectivity index (χ1n) is 7.53. The van der Waals surface area contributed by atoms with Crippen molar-refractivity contribution in [2.75, 3.05) is 11.9 Å². The highest BCUT2D eigenvalue weighted by molar-refractivity contribution is 5.86. The van der Waals surface area contributed by atoms with E-state index < -0.39 is 17.8 Å². The average Bonchev–Trinajstić information content (AvgIpc) is 2.58. The molecule has 0 radical (unpaired) electrons. The molecule has 2 aromatic heterocycles.